The zero-order valence-electron chi connectivity index (χ0n) is 11.7. The molecule has 2 aliphatic rings. The molecule has 1 aromatic carbocycles. The van der Waals surface area contributed by atoms with E-state index in [4.69, 9.17) is 9.47 Å². The Morgan fingerprint density at radius 3 is 2.53 bits per heavy atom. The molecular formula is C16H23NO2. The minimum atomic E-state index is 0.668. The van der Waals surface area contributed by atoms with Gasteiger partial charge in [0.1, 0.15) is 13.2 Å². The van der Waals surface area contributed by atoms with Crippen molar-refractivity contribution in [1.29, 1.82) is 0 Å². The van der Waals surface area contributed by atoms with Gasteiger partial charge in [-0.2, -0.15) is 0 Å². The molecule has 19 heavy (non-hydrogen) atoms. The lowest BCUT2D eigenvalue weighted by molar-refractivity contribution is 0.171. The first-order valence-corrected chi connectivity index (χ1v) is 7.43. The molecule has 0 amide bonds. The molecule has 0 aromatic heterocycles. The van der Waals surface area contributed by atoms with Crippen molar-refractivity contribution in [3.8, 4) is 11.5 Å². The topological polar surface area (TPSA) is 30.5 Å². The largest absolute Gasteiger partial charge is 0.486 e. The lowest BCUT2D eigenvalue weighted by Crippen LogP contribution is -2.27. The number of hydrogen-bond donors (Lipinski definition) is 1. The molecule has 104 valence electrons. The molecule has 0 atom stereocenters. The van der Waals surface area contributed by atoms with Gasteiger partial charge in [-0.05, 0) is 74.9 Å². The summed E-state index contributed by atoms with van der Waals surface area (Å²) in [7, 11) is 0. The Hall–Kier alpha value is -1.22. The quantitative estimate of drug-likeness (QED) is 0.907. The van der Waals surface area contributed by atoms with Crippen LogP contribution in [-0.2, 0) is 6.42 Å². The molecule has 0 aliphatic carbocycles. The number of piperidine rings is 1. The number of fused-ring (bicyclic) bond motifs is 1. The Labute approximate surface area is 115 Å². The number of benzene rings is 1. The number of nitrogens with one attached hydrogen (secondary N) is 1. The summed E-state index contributed by atoms with van der Waals surface area (Å²) in [6.45, 7) is 5.89. The molecule has 0 bridgehead atoms. The Balaban J connectivity index is 1.66. The van der Waals surface area contributed by atoms with Crippen molar-refractivity contribution in [3.05, 3.63) is 23.3 Å². The van der Waals surface area contributed by atoms with Crippen LogP contribution in [0.1, 0.15) is 30.4 Å². The maximum atomic E-state index is 5.68. The van der Waals surface area contributed by atoms with Gasteiger partial charge in [-0.1, -0.05) is 0 Å². The highest BCUT2D eigenvalue weighted by Gasteiger charge is 2.16. The van der Waals surface area contributed by atoms with E-state index in [9.17, 15) is 0 Å². The van der Waals surface area contributed by atoms with Gasteiger partial charge in [-0.25, -0.2) is 0 Å². The number of ether oxygens (including phenoxy) is 2. The lowest BCUT2D eigenvalue weighted by atomic mass is 9.90. The summed E-state index contributed by atoms with van der Waals surface area (Å²) in [6.07, 6.45) is 5.10. The Morgan fingerprint density at radius 2 is 1.79 bits per heavy atom. The normalized spacial score (nSPS) is 19.4. The molecule has 1 aromatic rings. The third-order valence-electron chi connectivity index (χ3n) is 4.28. The van der Waals surface area contributed by atoms with E-state index in [1.54, 1.807) is 0 Å². The van der Waals surface area contributed by atoms with Crippen LogP contribution in [0.15, 0.2) is 12.1 Å². The van der Waals surface area contributed by atoms with E-state index in [1.165, 1.54) is 43.5 Å². The van der Waals surface area contributed by atoms with Crippen LogP contribution in [0.5, 0.6) is 11.5 Å². The van der Waals surface area contributed by atoms with E-state index < -0.39 is 0 Å². The molecule has 0 unspecified atom stereocenters. The molecule has 1 N–H and O–H groups in total. The van der Waals surface area contributed by atoms with E-state index in [0.717, 1.165) is 23.8 Å². The van der Waals surface area contributed by atoms with E-state index in [-0.39, 0.29) is 0 Å². The minimum absolute atomic E-state index is 0.668. The van der Waals surface area contributed by atoms with Gasteiger partial charge in [-0.15, -0.1) is 0 Å². The summed E-state index contributed by atoms with van der Waals surface area (Å²) in [4.78, 5) is 0. The van der Waals surface area contributed by atoms with Gasteiger partial charge in [0, 0.05) is 0 Å². The van der Waals surface area contributed by atoms with Crippen molar-refractivity contribution in [3.63, 3.8) is 0 Å². The predicted octanol–water partition coefficient (Wildman–Crippen LogP) is 2.70. The zero-order valence-corrected chi connectivity index (χ0v) is 11.7. The van der Waals surface area contributed by atoms with Gasteiger partial charge in [0.2, 0.25) is 0 Å². The fourth-order valence-electron chi connectivity index (χ4n) is 3.03. The Bertz CT molecular complexity index is 439. The maximum absolute atomic E-state index is 5.68. The SMILES string of the molecule is Cc1cc2c(cc1CCC1CCNCC1)OCCO2. The summed E-state index contributed by atoms with van der Waals surface area (Å²) in [5.41, 5.74) is 2.75. The lowest BCUT2D eigenvalue weighted by Gasteiger charge is -2.24. The molecule has 1 saturated heterocycles. The van der Waals surface area contributed by atoms with E-state index in [1.807, 2.05) is 0 Å². The van der Waals surface area contributed by atoms with Gasteiger partial charge in [0.05, 0.1) is 0 Å². The van der Waals surface area contributed by atoms with Crippen LogP contribution >= 0.6 is 0 Å². The minimum Gasteiger partial charge on any atom is -0.486 e. The van der Waals surface area contributed by atoms with Gasteiger partial charge >= 0.3 is 0 Å². The molecule has 3 heteroatoms. The molecule has 2 heterocycles. The predicted molar refractivity (Wildman–Crippen MR) is 76.1 cm³/mol. The first-order valence-electron chi connectivity index (χ1n) is 7.43. The fraction of sp³-hybridized carbons (Fsp3) is 0.625. The van der Waals surface area contributed by atoms with Gasteiger partial charge < -0.3 is 14.8 Å². The van der Waals surface area contributed by atoms with Gasteiger partial charge in [-0.3, -0.25) is 0 Å². The molecule has 3 rings (SSSR count). The monoisotopic (exact) mass is 261 g/mol. The highest BCUT2D eigenvalue weighted by Crippen LogP contribution is 2.34. The van der Waals surface area contributed by atoms with Crippen LogP contribution in [0.2, 0.25) is 0 Å². The van der Waals surface area contributed by atoms with Crippen molar-refractivity contribution in [1.82, 2.24) is 5.32 Å². The molecule has 1 fully saturated rings. The second-order valence-electron chi connectivity index (χ2n) is 5.65. The summed E-state index contributed by atoms with van der Waals surface area (Å²) in [6, 6.07) is 4.32. The molecule has 0 spiro atoms. The molecule has 3 nitrogen and oxygen atoms in total. The highest BCUT2D eigenvalue weighted by atomic mass is 16.6. The van der Waals surface area contributed by atoms with Crippen LogP contribution in [0.4, 0.5) is 0 Å². The van der Waals surface area contributed by atoms with Crippen molar-refractivity contribution < 1.29 is 9.47 Å². The van der Waals surface area contributed by atoms with Crippen molar-refractivity contribution in [2.75, 3.05) is 26.3 Å². The van der Waals surface area contributed by atoms with Crippen LogP contribution < -0.4 is 14.8 Å². The first kappa shape index (κ1) is 12.8. The average molecular weight is 261 g/mol. The van der Waals surface area contributed by atoms with E-state index >= 15 is 0 Å². The van der Waals surface area contributed by atoms with Crippen LogP contribution in [0, 0.1) is 12.8 Å². The van der Waals surface area contributed by atoms with Crippen molar-refractivity contribution >= 4 is 0 Å². The molecule has 0 saturated carbocycles. The number of hydrogen-bond acceptors (Lipinski definition) is 3. The average Bonchev–Trinajstić information content (AvgIpc) is 2.46. The number of aryl methyl sites for hydroxylation is 2. The third-order valence-corrected chi connectivity index (χ3v) is 4.28. The van der Waals surface area contributed by atoms with Crippen LogP contribution in [0.3, 0.4) is 0 Å². The summed E-state index contributed by atoms with van der Waals surface area (Å²) in [5.74, 6) is 2.72. The second-order valence-corrected chi connectivity index (χ2v) is 5.65. The second kappa shape index (κ2) is 5.83. The molecule has 0 radical (unpaired) electrons. The van der Waals surface area contributed by atoms with Crippen molar-refractivity contribution in [2.24, 2.45) is 5.92 Å². The Morgan fingerprint density at radius 1 is 1.11 bits per heavy atom. The third kappa shape index (κ3) is 3.03. The van der Waals surface area contributed by atoms with Crippen LogP contribution in [-0.4, -0.2) is 26.3 Å². The zero-order chi connectivity index (χ0) is 13.1. The first-order chi connectivity index (χ1) is 9.33. The summed E-state index contributed by atoms with van der Waals surface area (Å²) in [5, 5.41) is 3.43. The van der Waals surface area contributed by atoms with Crippen molar-refractivity contribution in [2.45, 2.75) is 32.6 Å². The smallest absolute Gasteiger partial charge is 0.161 e. The highest BCUT2D eigenvalue weighted by molar-refractivity contribution is 5.47. The van der Waals surface area contributed by atoms with E-state index in [2.05, 4.69) is 24.4 Å². The Kier molecular flexibility index (Phi) is 3.92. The molecule has 2 aliphatic heterocycles. The molecular weight excluding hydrogens is 238 g/mol. The standard InChI is InChI=1S/C16H23NO2/c1-12-10-15-16(19-9-8-18-15)11-14(12)3-2-13-4-6-17-7-5-13/h10-11,13,17H,2-9H2,1H3. The summed E-state index contributed by atoms with van der Waals surface area (Å²) >= 11 is 0. The fourth-order valence-corrected chi connectivity index (χ4v) is 3.03. The maximum Gasteiger partial charge on any atom is 0.161 e. The van der Waals surface area contributed by atoms with Crippen LogP contribution in [0.25, 0.3) is 0 Å². The summed E-state index contributed by atoms with van der Waals surface area (Å²) < 4.78 is 11.3. The number of rotatable bonds is 3. The van der Waals surface area contributed by atoms with E-state index in [0.29, 0.717) is 13.2 Å². The van der Waals surface area contributed by atoms with Gasteiger partial charge in [0.25, 0.3) is 0 Å². The van der Waals surface area contributed by atoms with Gasteiger partial charge in [0.15, 0.2) is 11.5 Å².